The zero-order chi connectivity index (χ0) is 14.7. The van der Waals surface area contributed by atoms with Crippen LogP contribution in [0.3, 0.4) is 0 Å². The van der Waals surface area contributed by atoms with Gasteiger partial charge < -0.3 is 14.6 Å². The van der Waals surface area contributed by atoms with Gasteiger partial charge >= 0.3 is 0 Å². The van der Waals surface area contributed by atoms with Crippen molar-refractivity contribution in [1.29, 1.82) is 0 Å². The number of ether oxygens (including phenoxy) is 2. The van der Waals surface area contributed by atoms with Crippen LogP contribution in [0.5, 0.6) is 11.5 Å². The summed E-state index contributed by atoms with van der Waals surface area (Å²) in [7, 11) is 0. The van der Waals surface area contributed by atoms with E-state index in [-0.39, 0.29) is 0 Å². The molecule has 0 amide bonds. The van der Waals surface area contributed by atoms with Crippen molar-refractivity contribution in [2.45, 2.75) is 18.9 Å². The second-order valence-electron chi connectivity index (χ2n) is 5.10. The van der Waals surface area contributed by atoms with Crippen LogP contribution in [0.25, 0.3) is 0 Å². The monoisotopic (exact) mass is 396 g/mol. The molecule has 2 aromatic rings. The minimum Gasteiger partial charge on any atom is -0.490 e. The molecule has 0 aromatic heterocycles. The highest BCUT2D eigenvalue weighted by atomic mass is 127. The van der Waals surface area contributed by atoms with Crippen LogP contribution in [-0.2, 0) is 6.42 Å². The van der Waals surface area contributed by atoms with E-state index in [2.05, 4.69) is 34.7 Å². The number of benzene rings is 2. The van der Waals surface area contributed by atoms with Crippen LogP contribution in [0.1, 0.15) is 23.7 Å². The number of hydrogen-bond acceptors (Lipinski definition) is 3. The molecule has 0 saturated carbocycles. The SMILES string of the molecule is OC(Cc1ccc(I)cc1)c1ccc2c(c1)OCCCO2. The lowest BCUT2D eigenvalue weighted by Crippen LogP contribution is -2.03. The molecule has 1 unspecified atom stereocenters. The van der Waals surface area contributed by atoms with Crippen LogP contribution in [0.2, 0.25) is 0 Å². The van der Waals surface area contributed by atoms with Crippen LogP contribution in [-0.4, -0.2) is 18.3 Å². The first-order valence-electron chi connectivity index (χ1n) is 7.04. The number of aliphatic hydroxyl groups is 1. The van der Waals surface area contributed by atoms with Gasteiger partial charge in [-0.3, -0.25) is 0 Å². The standard InChI is InChI=1S/C17H17IO3/c18-14-5-2-12(3-6-14)10-15(19)13-4-7-16-17(11-13)21-9-1-8-20-16/h2-7,11,15,19H,1,8-10H2. The average molecular weight is 396 g/mol. The first-order chi connectivity index (χ1) is 10.2. The second-order valence-corrected chi connectivity index (χ2v) is 6.35. The van der Waals surface area contributed by atoms with Crippen molar-refractivity contribution in [3.8, 4) is 11.5 Å². The number of halogens is 1. The van der Waals surface area contributed by atoms with E-state index in [1.54, 1.807) is 0 Å². The molecule has 4 heteroatoms. The number of rotatable bonds is 3. The van der Waals surface area contributed by atoms with Gasteiger partial charge in [-0.25, -0.2) is 0 Å². The molecule has 2 aromatic carbocycles. The molecule has 1 atom stereocenters. The molecule has 0 radical (unpaired) electrons. The van der Waals surface area contributed by atoms with Gasteiger partial charge in [-0.2, -0.15) is 0 Å². The van der Waals surface area contributed by atoms with E-state index in [9.17, 15) is 5.11 Å². The smallest absolute Gasteiger partial charge is 0.161 e. The predicted octanol–water partition coefficient (Wildman–Crippen LogP) is 3.73. The van der Waals surface area contributed by atoms with Crippen LogP contribution in [0.15, 0.2) is 42.5 Å². The third-order valence-electron chi connectivity index (χ3n) is 3.50. The normalized spacial score (nSPS) is 15.3. The van der Waals surface area contributed by atoms with E-state index >= 15 is 0 Å². The highest BCUT2D eigenvalue weighted by Crippen LogP contribution is 2.33. The molecule has 21 heavy (non-hydrogen) atoms. The van der Waals surface area contributed by atoms with E-state index in [1.165, 1.54) is 3.57 Å². The molecule has 0 bridgehead atoms. The van der Waals surface area contributed by atoms with Gasteiger partial charge in [-0.15, -0.1) is 0 Å². The Labute approximate surface area is 138 Å². The van der Waals surface area contributed by atoms with Crippen molar-refractivity contribution in [2.24, 2.45) is 0 Å². The minimum atomic E-state index is -0.540. The summed E-state index contributed by atoms with van der Waals surface area (Å²) in [4.78, 5) is 0. The Kier molecular flexibility index (Phi) is 4.65. The van der Waals surface area contributed by atoms with Gasteiger partial charge in [0.05, 0.1) is 19.3 Å². The maximum atomic E-state index is 10.4. The Hall–Kier alpha value is -1.27. The fourth-order valence-corrected chi connectivity index (χ4v) is 2.71. The van der Waals surface area contributed by atoms with Crippen molar-refractivity contribution in [2.75, 3.05) is 13.2 Å². The van der Waals surface area contributed by atoms with Gasteiger partial charge in [0.25, 0.3) is 0 Å². The van der Waals surface area contributed by atoms with Gasteiger partial charge in [0.15, 0.2) is 11.5 Å². The summed E-state index contributed by atoms with van der Waals surface area (Å²) in [5.41, 5.74) is 1.98. The van der Waals surface area contributed by atoms with Gasteiger partial charge in [0.2, 0.25) is 0 Å². The van der Waals surface area contributed by atoms with E-state index in [0.717, 1.165) is 29.0 Å². The lowest BCUT2D eigenvalue weighted by molar-refractivity contribution is 0.178. The maximum Gasteiger partial charge on any atom is 0.161 e. The fraction of sp³-hybridized carbons (Fsp3) is 0.294. The molecule has 1 aliphatic heterocycles. The van der Waals surface area contributed by atoms with E-state index in [1.807, 2.05) is 30.3 Å². The molecular weight excluding hydrogens is 379 g/mol. The molecule has 0 saturated heterocycles. The van der Waals surface area contributed by atoms with Gasteiger partial charge in [0, 0.05) is 16.4 Å². The third kappa shape index (κ3) is 3.68. The molecule has 3 nitrogen and oxygen atoms in total. The van der Waals surface area contributed by atoms with Crippen LogP contribution in [0, 0.1) is 3.57 Å². The van der Waals surface area contributed by atoms with Crippen molar-refractivity contribution in [3.05, 3.63) is 57.2 Å². The number of hydrogen-bond donors (Lipinski definition) is 1. The molecule has 0 spiro atoms. The van der Waals surface area contributed by atoms with Crippen molar-refractivity contribution >= 4 is 22.6 Å². The lowest BCUT2D eigenvalue weighted by Gasteiger charge is -2.14. The molecule has 3 rings (SSSR count). The summed E-state index contributed by atoms with van der Waals surface area (Å²) < 4.78 is 12.5. The zero-order valence-electron chi connectivity index (χ0n) is 11.6. The van der Waals surface area contributed by atoms with Crippen LogP contribution < -0.4 is 9.47 Å². The van der Waals surface area contributed by atoms with Gasteiger partial charge in [0.1, 0.15) is 0 Å². The molecule has 1 aliphatic rings. The van der Waals surface area contributed by atoms with Crippen LogP contribution >= 0.6 is 22.6 Å². The Morgan fingerprint density at radius 2 is 1.71 bits per heavy atom. The van der Waals surface area contributed by atoms with Crippen molar-refractivity contribution < 1.29 is 14.6 Å². The fourth-order valence-electron chi connectivity index (χ4n) is 2.35. The predicted molar refractivity (Wildman–Crippen MR) is 89.9 cm³/mol. The van der Waals surface area contributed by atoms with E-state index in [4.69, 9.17) is 9.47 Å². The Morgan fingerprint density at radius 1 is 1.00 bits per heavy atom. The molecule has 110 valence electrons. The van der Waals surface area contributed by atoms with Crippen molar-refractivity contribution in [3.63, 3.8) is 0 Å². The van der Waals surface area contributed by atoms with E-state index in [0.29, 0.717) is 19.6 Å². The Morgan fingerprint density at radius 3 is 2.48 bits per heavy atom. The summed E-state index contributed by atoms with van der Waals surface area (Å²) >= 11 is 2.28. The average Bonchev–Trinajstić information content (AvgIpc) is 2.74. The summed E-state index contributed by atoms with van der Waals surface area (Å²) in [6.07, 6.45) is 0.938. The first kappa shape index (κ1) is 14.7. The quantitative estimate of drug-likeness (QED) is 0.804. The summed E-state index contributed by atoms with van der Waals surface area (Å²) in [6.45, 7) is 1.33. The topological polar surface area (TPSA) is 38.7 Å². The second kappa shape index (κ2) is 6.66. The molecular formula is C17H17IO3. The first-order valence-corrected chi connectivity index (χ1v) is 8.12. The minimum absolute atomic E-state index is 0.540. The summed E-state index contributed by atoms with van der Waals surface area (Å²) in [5.74, 6) is 1.49. The molecule has 0 fully saturated rings. The maximum absolute atomic E-state index is 10.4. The Bertz CT molecular complexity index is 610. The zero-order valence-corrected chi connectivity index (χ0v) is 13.7. The lowest BCUT2D eigenvalue weighted by atomic mass is 10.0. The molecule has 1 heterocycles. The van der Waals surface area contributed by atoms with Crippen molar-refractivity contribution in [1.82, 2.24) is 0 Å². The largest absolute Gasteiger partial charge is 0.490 e. The summed E-state index contributed by atoms with van der Waals surface area (Å²) in [6, 6.07) is 13.9. The van der Waals surface area contributed by atoms with Gasteiger partial charge in [-0.1, -0.05) is 18.2 Å². The molecule has 1 N–H and O–H groups in total. The highest BCUT2D eigenvalue weighted by molar-refractivity contribution is 14.1. The van der Waals surface area contributed by atoms with Gasteiger partial charge in [-0.05, 0) is 58.0 Å². The van der Waals surface area contributed by atoms with Crippen LogP contribution in [0.4, 0.5) is 0 Å². The number of aliphatic hydroxyl groups excluding tert-OH is 1. The Balaban J connectivity index is 1.76. The highest BCUT2D eigenvalue weighted by Gasteiger charge is 2.15. The number of fused-ring (bicyclic) bond motifs is 1. The molecule has 0 aliphatic carbocycles. The van der Waals surface area contributed by atoms with E-state index < -0.39 is 6.10 Å². The third-order valence-corrected chi connectivity index (χ3v) is 4.22. The summed E-state index contributed by atoms with van der Waals surface area (Å²) in [5, 5.41) is 10.4.